The van der Waals surface area contributed by atoms with Crippen LogP contribution in [0.25, 0.3) is 0 Å². The molecule has 3 heterocycles. The molecule has 2 amide bonds. The summed E-state index contributed by atoms with van der Waals surface area (Å²) in [4.78, 5) is 30.8. The molecule has 10 heteroatoms. The van der Waals surface area contributed by atoms with Crippen LogP contribution < -0.4 is 26.2 Å². The molecule has 10 nitrogen and oxygen atoms in total. The fourth-order valence-electron chi connectivity index (χ4n) is 3.02. The Balaban J connectivity index is 1.40. The lowest BCUT2D eigenvalue weighted by atomic mass is 10.2. The van der Waals surface area contributed by atoms with Gasteiger partial charge in [-0.25, -0.2) is 19.7 Å². The largest absolute Gasteiger partial charge is 0.373 e. The molecule has 1 unspecified atom stereocenters. The average Bonchev–Trinajstić information content (AvgIpc) is 3.19. The first kappa shape index (κ1) is 18.6. The summed E-state index contributed by atoms with van der Waals surface area (Å²) in [5, 5.41) is 11.9. The predicted molar refractivity (Wildman–Crippen MR) is 104 cm³/mol. The maximum Gasteiger partial charge on any atom is 0.314 e. The SMILES string of the molecule is CNc1cc(N2CCCC2CNC(=O)NCCNc2cnccn2)ncn1. The van der Waals surface area contributed by atoms with Crippen molar-refractivity contribution in [2.75, 3.05) is 48.8 Å². The van der Waals surface area contributed by atoms with E-state index in [4.69, 9.17) is 0 Å². The maximum atomic E-state index is 12.0. The van der Waals surface area contributed by atoms with Gasteiger partial charge in [0, 0.05) is 57.7 Å². The van der Waals surface area contributed by atoms with Crippen LogP contribution in [-0.4, -0.2) is 65.2 Å². The van der Waals surface area contributed by atoms with Gasteiger partial charge in [0.15, 0.2) is 0 Å². The van der Waals surface area contributed by atoms with E-state index in [1.54, 1.807) is 24.9 Å². The number of nitrogens with one attached hydrogen (secondary N) is 4. The standard InChI is InChI=1S/C17H25N9O/c1-18-14-9-16(25-12-24-14)26-8-2-3-13(26)10-23-17(27)22-7-6-21-15-11-19-4-5-20-15/h4-5,9,11-13H,2-3,6-8,10H2,1H3,(H,20,21)(H,18,24,25)(H2,22,23,27). The Kier molecular flexibility index (Phi) is 6.55. The minimum Gasteiger partial charge on any atom is -0.373 e. The normalized spacial score (nSPS) is 16.0. The van der Waals surface area contributed by atoms with Crippen molar-refractivity contribution < 1.29 is 4.79 Å². The minimum absolute atomic E-state index is 0.179. The van der Waals surface area contributed by atoms with E-state index in [9.17, 15) is 4.79 Å². The van der Waals surface area contributed by atoms with Crippen LogP contribution in [0.2, 0.25) is 0 Å². The monoisotopic (exact) mass is 371 g/mol. The van der Waals surface area contributed by atoms with Crippen LogP contribution in [0, 0.1) is 0 Å². The molecule has 0 aromatic carbocycles. The predicted octanol–water partition coefficient (Wildman–Crippen LogP) is 0.688. The van der Waals surface area contributed by atoms with Crippen molar-refractivity contribution in [3.05, 3.63) is 31.0 Å². The number of rotatable bonds is 8. The van der Waals surface area contributed by atoms with E-state index >= 15 is 0 Å². The molecule has 1 atom stereocenters. The molecule has 0 spiro atoms. The van der Waals surface area contributed by atoms with Gasteiger partial charge in [-0.1, -0.05) is 0 Å². The van der Waals surface area contributed by atoms with Crippen LogP contribution in [0.1, 0.15) is 12.8 Å². The smallest absolute Gasteiger partial charge is 0.314 e. The van der Waals surface area contributed by atoms with Gasteiger partial charge >= 0.3 is 6.03 Å². The van der Waals surface area contributed by atoms with Gasteiger partial charge in [-0.2, -0.15) is 0 Å². The third-order valence-electron chi connectivity index (χ3n) is 4.36. The van der Waals surface area contributed by atoms with Crippen LogP contribution in [0.4, 0.5) is 22.2 Å². The molecule has 1 aliphatic heterocycles. The molecule has 27 heavy (non-hydrogen) atoms. The Labute approximate surface area is 158 Å². The quantitative estimate of drug-likeness (QED) is 0.500. The zero-order valence-electron chi connectivity index (χ0n) is 15.4. The second kappa shape index (κ2) is 9.51. The van der Waals surface area contributed by atoms with E-state index in [2.05, 4.69) is 46.1 Å². The lowest BCUT2D eigenvalue weighted by molar-refractivity contribution is 0.240. The van der Waals surface area contributed by atoms with Crippen molar-refractivity contribution in [3.8, 4) is 0 Å². The summed E-state index contributed by atoms with van der Waals surface area (Å²) in [6.07, 6.45) is 8.53. The molecule has 1 saturated heterocycles. The van der Waals surface area contributed by atoms with Crippen molar-refractivity contribution in [3.63, 3.8) is 0 Å². The van der Waals surface area contributed by atoms with Gasteiger partial charge < -0.3 is 26.2 Å². The minimum atomic E-state index is -0.179. The third-order valence-corrected chi connectivity index (χ3v) is 4.36. The number of hydrogen-bond acceptors (Lipinski definition) is 8. The summed E-state index contributed by atoms with van der Waals surface area (Å²) in [5.41, 5.74) is 0. The molecule has 1 fully saturated rings. The maximum absolute atomic E-state index is 12.0. The van der Waals surface area contributed by atoms with Crippen LogP contribution >= 0.6 is 0 Å². The van der Waals surface area contributed by atoms with Crippen molar-refractivity contribution in [1.82, 2.24) is 30.6 Å². The zero-order chi connectivity index (χ0) is 18.9. The number of carbonyl (C=O) groups is 1. The molecule has 2 aromatic rings. The molecule has 1 aliphatic rings. The highest BCUT2D eigenvalue weighted by Gasteiger charge is 2.26. The van der Waals surface area contributed by atoms with Gasteiger partial charge in [0.2, 0.25) is 0 Å². The van der Waals surface area contributed by atoms with Gasteiger partial charge in [0.25, 0.3) is 0 Å². The Hall–Kier alpha value is -3.17. The second-order valence-corrected chi connectivity index (χ2v) is 6.16. The van der Waals surface area contributed by atoms with Gasteiger partial charge in [0.1, 0.15) is 23.8 Å². The highest BCUT2D eigenvalue weighted by Crippen LogP contribution is 2.24. The van der Waals surface area contributed by atoms with Crippen molar-refractivity contribution >= 4 is 23.5 Å². The molecule has 0 radical (unpaired) electrons. The summed E-state index contributed by atoms with van der Waals surface area (Å²) in [7, 11) is 1.83. The molecule has 2 aromatic heterocycles. The van der Waals surface area contributed by atoms with Crippen molar-refractivity contribution in [2.45, 2.75) is 18.9 Å². The molecule has 4 N–H and O–H groups in total. The van der Waals surface area contributed by atoms with Crippen LogP contribution in [-0.2, 0) is 0 Å². The highest BCUT2D eigenvalue weighted by atomic mass is 16.2. The zero-order valence-corrected chi connectivity index (χ0v) is 15.4. The van der Waals surface area contributed by atoms with Crippen LogP contribution in [0.3, 0.4) is 0 Å². The molecule has 0 bridgehead atoms. The van der Waals surface area contributed by atoms with E-state index < -0.39 is 0 Å². The molecular weight excluding hydrogens is 346 g/mol. The van der Waals surface area contributed by atoms with E-state index in [0.717, 1.165) is 31.0 Å². The fourth-order valence-corrected chi connectivity index (χ4v) is 3.02. The molecular formula is C17H25N9O. The summed E-state index contributed by atoms with van der Waals surface area (Å²) >= 11 is 0. The second-order valence-electron chi connectivity index (χ2n) is 6.16. The topological polar surface area (TPSA) is 120 Å². The summed E-state index contributed by atoms with van der Waals surface area (Å²) in [6.45, 7) is 2.57. The van der Waals surface area contributed by atoms with E-state index in [0.29, 0.717) is 25.5 Å². The van der Waals surface area contributed by atoms with E-state index in [1.807, 2.05) is 13.1 Å². The summed E-state index contributed by atoms with van der Waals surface area (Å²) < 4.78 is 0. The van der Waals surface area contributed by atoms with Crippen LogP contribution in [0.15, 0.2) is 31.0 Å². The number of carbonyl (C=O) groups excluding carboxylic acids is 1. The lowest BCUT2D eigenvalue weighted by Gasteiger charge is -2.26. The molecule has 3 rings (SSSR count). The Morgan fingerprint density at radius 3 is 2.93 bits per heavy atom. The van der Waals surface area contributed by atoms with Gasteiger partial charge in [-0.05, 0) is 12.8 Å². The Morgan fingerprint density at radius 1 is 1.19 bits per heavy atom. The number of nitrogens with zero attached hydrogens (tertiary/aromatic N) is 5. The fraction of sp³-hybridized carbons (Fsp3) is 0.471. The average molecular weight is 371 g/mol. The molecule has 0 saturated carbocycles. The summed E-state index contributed by atoms with van der Waals surface area (Å²) in [5.74, 6) is 2.35. The summed E-state index contributed by atoms with van der Waals surface area (Å²) in [6, 6.07) is 1.98. The highest BCUT2D eigenvalue weighted by molar-refractivity contribution is 5.74. The van der Waals surface area contributed by atoms with E-state index in [-0.39, 0.29) is 12.1 Å². The van der Waals surface area contributed by atoms with Crippen molar-refractivity contribution in [1.29, 1.82) is 0 Å². The number of amides is 2. The third kappa shape index (κ3) is 5.40. The first-order valence-electron chi connectivity index (χ1n) is 9.04. The lowest BCUT2D eigenvalue weighted by Crippen LogP contribution is -2.45. The number of hydrogen-bond donors (Lipinski definition) is 4. The van der Waals surface area contributed by atoms with Gasteiger partial charge in [-0.15, -0.1) is 0 Å². The van der Waals surface area contributed by atoms with E-state index in [1.165, 1.54) is 0 Å². The van der Waals surface area contributed by atoms with Crippen LogP contribution in [0.5, 0.6) is 0 Å². The number of urea groups is 1. The molecule has 144 valence electrons. The number of anilines is 3. The Morgan fingerprint density at radius 2 is 2.11 bits per heavy atom. The molecule has 0 aliphatic carbocycles. The van der Waals surface area contributed by atoms with Gasteiger partial charge in [0.05, 0.1) is 6.20 Å². The first-order chi connectivity index (χ1) is 13.3. The first-order valence-corrected chi connectivity index (χ1v) is 9.04. The number of aromatic nitrogens is 4. The van der Waals surface area contributed by atoms with Gasteiger partial charge in [-0.3, -0.25) is 4.98 Å². The Bertz CT molecular complexity index is 727. The van der Waals surface area contributed by atoms with Crippen molar-refractivity contribution in [2.24, 2.45) is 0 Å².